The molecule has 0 aliphatic rings. The summed E-state index contributed by atoms with van der Waals surface area (Å²) in [6.07, 6.45) is 3.17. The average Bonchev–Trinajstić information content (AvgIpc) is 2.73. The summed E-state index contributed by atoms with van der Waals surface area (Å²) >= 11 is 0. The molecule has 26 heavy (non-hydrogen) atoms. The van der Waals surface area contributed by atoms with E-state index in [9.17, 15) is 4.57 Å². The van der Waals surface area contributed by atoms with Gasteiger partial charge in [-0.15, -0.1) is 0 Å². The molecule has 0 aromatic heterocycles. The van der Waals surface area contributed by atoms with E-state index < -0.39 is 7.29 Å². The molecule has 0 spiro atoms. The highest BCUT2D eigenvalue weighted by atomic mass is 31.2. The van der Waals surface area contributed by atoms with Crippen molar-refractivity contribution < 1.29 is 4.57 Å². The van der Waals surface area contributed by atoms with Crippen LogP contribution in [-0.4, -0.2) is 0 Å². The molecule has 0 saturated carbocycles. The molecular formula is C23H26NOP. The molecule has 1 unspecified atom stereocenters. The van der Waals surface area contributed by atoms with Gasteiger partial charge in [-0.3, -0.25) is 9.65 Å². The standard InChI is InChI=1S/C23H26NOP/c1-2-3-19-23(20-13-7-4-8-14-20)24-26(25,21-15-9-5-10-16-21)22-17-11-6-12-18-22/h4-18,23H,2-3,19H2,1H3,(H,24,25). The van der Waals surface area contributed by atoms with Crippen LogP contribution in [0.5, 0.6) is 0 Å². The second kappa shape index (κ2) is 8.98. The first-order valence-corrected chi connectivity index (χ1v) is 11.0. The zero-order valence-electron chi connectivity index (χ0n) is 15.2. The fraction of sp³-hybridized carbons (Fsp3) is 0.217. The monoisotopic (exact) mass is 363 g/mol. The molecule has 0 fully saturated rings. The largest absolute Gasteiger partial charge is 0.297 e. The van der Waals surface area contributed by atoms with Crippen molar-refractivity contribution in [1.29, 1.82) is 0 Å². The van der Waals surface area contributed by atoms with Crippen molar-refractivity contribution in [3.63, 3.8) is 0 Å². The average molecular weight is 363 g/mol. The van der Waals surface area contributed by atoms with E-state index in [0.29, 0.717) is 0 Å². The van der Waals surface area contributed by atoms with Gasteiger partial charge in [0.15, 0.2) is 0 Å². The Hall–Kier alpha value is -2.15. The molecule has 3 rings (SSSR count). The highest BCUT2D eigenvalue weighted by Gasteiger charge is 2.30. The van der Waals surface area contributed by atoms with Crippen LogP contribution in [0.4, 0.5) is 0 Å². The Balaban J connectivity index is 2.02. The number of nitrogens with one attached hydrogen (secondary N) is 1. The summed E-state index contributed by atoms with van der Waals surface area (Å²) in [5, 5.41) is 5.27. The molecule has 0 saturated heterocycles. The van der Waals surface area contributed by atoms with Crippen molar-refractivity contribution in [1.82, 2.24) is 5.09 Å². The summed E-state index contributed by atoms with van der Waals surface area (Å²) < 4.78 is 14.3. The smallest absolute Gasteiger partial charge is 0.205 e. The third-order valence-corrected chi connectivity index (χ3v) is 7.35. The van der Waals surface area contributed by atoms with Crippen LogP contribution in [0.1, 0.15) is 37.8 Å². The van der Waals surface area contributed by atoms with Gasteiger partial charge >= 0.3 is 0 Å². The topological polar surface area (TPSA) is 29.1 Å². The van der Waals surface area contributed by atoms with E-state index in [4.69, 9.17) is 0 Å². The third kappa shape index (κ3) is 4.33. The molecule has 0 amide bonds. The van der Waals surface area contributed by atoms with Crippen LogP contribution in [0.3, 0.4) is 0 Å². The first-order chi connectivity index (χ1) is 12.7. The lowest BCUT2D eigenvalue weighted by Gasteiger charge is -2.27. The van der Waals surface area contributed by atoms with Crippen LogP contribution in [0.25, 0.3) is 0 Å². The zero-order valence-corrected chi connectivity index (χ0v) is 16.1. The van der Waals surface area contributed by atoms with Gasteiger partial charge < -0.3 is 0 Å². The number of hydrogen-bond acceptors (Lipinski definition) is 1. The molecule has 2 nitrogen and oxygen atoms in total. The predicted octanol–water partition coefficient (Wildman–Crippen LogP) is 5.44. The molecule has 0 aliphatic carbocycles. The van der Waals surface area contributed by atoms with E-state index in [1.54, 1.807) is 0 Å². The fourth-order valence-electron chi connectivity index (χ4n) is 3.19. The number of hydrogen-bond donors (Lipinski definition) is 1. The normalized spacial score (nSPS) is 12.7. The Bertz CT molecular complexity index is 790. The minimum atomic E-state index is -2.94. The lowest BCUT2D eigenvalue weighted by atomic mass is 10.0. The minimum absolute atomic E-state index is 0.0578. The highest BCUT2D eigenvalue weighted by molar-refractivity contribution is 7.76. The van der Waals surface area contributed by atoms with Gasteiger partial charge in [0.1, 0.15) is 0 Å². The Morgan fingerprint density at radius 3 is 1.69 bits per heavy atom. The second-order valence-electron chi connectivity index (χ2n) is 6.51. The van der Waals surface area contributed by atoms with Crippen LogP contribution in [0.2, 0.25) is 0 Å². The van der Waals surface area contributed by atoms with Crippen molar-refractivity contribution in [3.05, 3.63) is 96.6 Å². The summed E-state index contributed by atoms with van der Waals surface area (Å²) in [4.78, 5) is 0. The molecule has 1 atom stereocenters. The minimum Gasteiger partial charge on any atom is -0.297 e. The first-order valence-electron chi connectivity index (χ1n) is 9.28. The molecule has 1 N–H and O–H groups in total. The van der Waals surface area contributed by atoms with Crippen LogP contribution < -0.4 is 15.7 Å². The van der Waals surface area contributed by atoms with Gasteiger partial charge in [0, 0.05) is 16.7 Å². The maximum Gasteiger partial charge on any atom is 0.205 e. The Labute approximate surface area is 156 Å². The van der Waals surface area contributed by atoms with Crippen LogP contribution >= 0.6 is 7.29 Å². The molecule has 3 aromatic rings. The van der Waals surface area contributed by atoms with Gasteiger partial charge in [-0.1, -0.05) is 86.5 Å². The number of rotatable bonds is 8. The van der Waals surface area contributed by atoms with Crippen LogP contribution in [-0.2, 0) is 4.57 Å². The molecule has 0 heterocycles. The fourth-order valence-corrected chi connectivity index (χ4v) is 5.69. The molecular weight excluding hydrogens is 337 g/mol. The van der Waals surface area contributed by atoms with Gasteiger partial charge in [-0.25, -0.2) is 0 Å². The summed E-state index contributed by atoms with van der Waals surface area (Å²) in [7, 11) is -2.94. The van der Waals surface area contributed by atoms with Crippen molar-refractivity contribution >= 4 is 17.9 Å². The van der Waals surface area contributed by atoms with Gasteiger partial charge in [0.25, 0.3) is 0 Å². The predicted molar refractivity (Wildman–Crippen MR) is 112 cm³/mol. The van der Waals surface area contributed by atoms with Crippen molar-refractivity contribution in [2.24, 2.45) is 0 Å². The van der Waals surface area contributed by atoms with Gasteiger partial charge in [-0.2, -0.15) is 0 Å². The Morgan fingerprint density at radius 1 is 0.769 bits per heavy atom. The Morgan fingerprint density at radius 2 is 1.23 bits per heavy atom. The van der Waals surface area contributed by atoms with Crippen LogP contribution in [0, 0.1) is 0 Å². The van der Waals surface area contributed by atoms with Crippen molar-refractivity contribution in [2.45, 2.75) is 32.2 Å². The molecule has 3 heteroatoms. The third-order valence-electron chi connectivity index (χ3n) is 4.63. The molecule has 0 radical (unpaired) electrons. The number of benzene rings is 3. The van der Waals surface area contributed by atoms with E-state index in [1.807, 2.05) is 78.9 Å². The van der Waals surface area contributed by atoms with Crippen molar-refractivity contribution in [2.75, 3.05) is 0 Å². The highest BCUT2D eigenvalue weighted by Crippen LogP contribution is 2.42. The molecule has 0 bridgehead atoms. The van der Waals surface area contributed by atoms with E-state index in [-0.39, 0.29) is 6.04 Å². The van der Waals surface area contributed by atoms with Crippen molar-refractivity contribution in [3.8, 4) is 0 Å². The number of unbranched alkanes of at least 4 members (excludes halogenated alkanes) is 1. The molecule has 0 aliphatic heterocycles. The first kappa shape index (κ1) is 18.6. The molecule has 134 valence electrons. The maximum atomic E-state index is 14.3. The molecule has 3 aromatic carbocycles. The SMILES string of the molecule is CCCCC(NP(=O)(c1ccccc1)c1ccccc1)c1ccccc1. The summed E-state index contributed by atoms with van der Waals surface area (Å²) in [5.41, 5.74) is 1.19. The van der Waals surface area contributed by atoms with E-state index in [0.717, 1.165) is 29.9 Å². The van der Waals surface area contributed by atoms with E-state index >= 15 is 0 Å². The summed E-state index contributed by atoms with van der Waals surface area (Å²) in [5.74, 6) is 0. The quantitative estimate of drug-likeness (QED) is 0.540. The van der Waals surface area contributed by atoms with E-state index in [1.165, 1.54) is 5.56 Å². The van der Waals surface area contributed by atoms with Gasteiger partial charge in [-0.05, 0) is 36.2 Å². The van der Waals surface area contributed by atoms with Gasteiger partial charge in [0.2, 0.25) is 7.29 Å². The summed E-state index contributed by atoms with van der Waals surface area (Å²) in [6.45, 7) is 2.19. The zero-order chi connectivity index (χ0) is 18.2. The Kier molecular flexibility index (Phi) is 6.44. The lowest BCUT2D eigenvalue weighted by molar-refractivity contribution is 0.532. The van der Waals surface area contributed by atoms with Gasteiger partial charge in [0.05, 0.1) is 0 Å². The van der Waals surface area contributed by atoms with E-state index in [2.05, 4.69) is 24.1 Å². The lowest BCUT2D eigenvalue weighted by Crippen LogP contribution is -2.30. The maximum absolute atomic E-state index is 14.3. The second-order valence-corrected chi connectivity index (χ2v) is 9.02. The van der Waals surface area contributed by atoms with Crippen LogP contribution in [0.15, 0.2) is 91.0 Å². The summed E-state index contributed by atoms with van der Waals surface area (Å²) in [6, 6.07) is 30.0.